The zero-order valence-corrected chi connectivity index (χ0v) is 11.6. The van der Waals surface area contributed by atoms with Crippen molar-refractivity contribution < 1.29 is 13.4 Å². The topological polar surface area (TPSA) is 59.3 Å². The van der Waals surface area contributed by atoms with Crippen LogP contribution >= 0.6 is 0 Å². The Bertz CT molecular complexity index is 619. The predicted octanol–water partition coefficient (Wildman–Crippen LogP) is 2.85. The van der Waals surface area contributed by atoms with Gasteiger partial charge in [0.2, 0.25) is 5.91 Å². The summed E-state index contributed by atoms with van der Waals surface area (Å²) in [4.78, 5) is 11.7. The Kier molecular flexibility index (Phi) is 4.16. The quantitative estimate of drug-likeness (QED) is 0.934. The van der Waals surface area contributed by atoms with E-state index in [1.165, 1.54) is 13.2 Å². The summed E-state index contributed by atoms with van der Waals surface area (Å²) >= 11 is 0. The number of carbonyl (C=O) groups excluding carboxylic acids is 1. The molecule has 0 fully saturated rings. The minimum Gasteiger partial charge on any atom is -0.468 e. The molecular weight excluding hydrogens is 262 g/mol. The van der Waals surface area contributed by atoms with Gasteiger partial charge in [0.25, 0.3) is 0 Å². The van der Waals surface area contributed by atoms with E-state index in [0.717, 1.165) is 5.56 Å². The molecule has 1 N–H and O–H groups in total. The Hall–Kier alpha value is -1.88. The molecular formula is C14H15NO3S. The lowest BCUT2D eigenvalue weighted by Crippen LogP contribution is -2.06. The van der Waals surface area contributed by atoms with Crippen LogP contribution in [0.3, 0.4) is 0 Å². The minimum atomic E-state index is -1.14. The second-order valence-corrected chi connectivity index (χ2v) is 5.63. The average Bonchev–Trinajstić information content (AvgIpc) is 2.75. The molecule has 0 unspecified atom stereocenters. The fourth-order valence-corrected chi connectivity index (χ4v) is 2.99. The van der Waals surface area contributed by atoms with E-state index in [1.54, 1.807) is 19.1 Å². The second-order valence-electron chi connectivity index (χ2n) is 4.21. The summed E-state index contributed by atoms with van der Waals surface area (Å²) in [6, 6.07) is 9.08. The molecule has 0 aliphatic carbocycles. The fraction of sp³-hybridized carbons (Fsp3) is 0.214. The highest BCUT2D eigenvalue weighted by Crippen LogP contribution is 2.19. The summed E-state index contributed by atoms with van der Waals surface area (Å²) in [6.45, 7) is 3.25. The van der Waals surface area contributed by atoms with Crippen LogP contribution in [0.25, 0.3) is 0 Å². The van der Waals surface area contributed by atoms with Crippen molar-refractivity contribution in [3.05, 3.63) is 47.9 Å². The number of hydrogen-bond donors (Lipinski definition) is 1. The Morgan fingerprint density at radius 3 is 2.79 bits per heavy atom. The molecule has 0 aliphatic heterocycles. The van der Waals surface area contributed by atoms with E-state index in [1.807, 2.05) is 18.2 Å². The molecule has 1 aromatic carbocycles. The Morgan fingerprint density at radius 2 is 2.16 bits per heavy atom. The highest BCUT2D eigenvalue weighted by molar-refractivity contribution is 7.84. The fourth-order valence-electron chi connectivity index (χ4n) is 1.78. The number of carbonyl (C=O) groups is 1. The third kappa shape index (κ3) is 3.54. The molecule has 2 rings (SSSR count). The number of benzene rings is 1. The summed E-state index contributed by atoms with van der Waals surface area (Å²) in [5.41, 5.74) is 1.62. The molecule has 0 radical (unpaired) electrons. The van der Waals surface area contributed by atoms with Crippen LogP contribution in [0, 0.1) is 6.92 Å². The maximum atomic E-state index is 12.2. The van der Waals surface area contributed by atoms with Gasteiger partial charge in [-0.25, -0.2) is 0 Å². The van der Waals surface area contributed by atoms with E-state index < -0.39 is 10.8 Å². The van der Waals surface area contributed by atoms with Crippen molar-refractivity contribution in [2.45, 2.75) is 24.5 Å². The minimum absolute atomic E-state index is 0.121. The van der Waals surface area contributed by atoms with Gasteiger partial charge in [-0.1, -0.05) is 12.1 Å². The summed E-state index contributed by atoms with van der Waals surface area (Å²) in [5, 5.41) is 2.71. The second kappa shape index (κ2) is 5.84. The van der Waals surface area contributed by atoms with Crippen molar-refractivity contribution >= 4 is 22.4 Å². The Labute approximate surface area is 114 Å². The summed E-state index contributed by atoms with van der Waals surface area (Å²) in [6.07, 6.45) is 1.54. The Morgan fingerprint density at radius 1 is 1.37 bits per heavy atom. The molecule has 0 saturated carbocycles. The van der Waals surface area contributed by atoms with Gasteiger partial charge < -0.3 is 9.73 Å². The normalized spacial score (nSPS) is 12.1. The van der Waals surface area contributed by atoms with E-state index in [0.29, 0.717) is 22.1 Å². The molecule has 0 bridgehead atoms. The van der Waals surface area contributed by atoms with Gasteiger partial charge in [-0.2, -0.15) is 0 Å². The lowest BCUT2D eigenvalue weighted by Gasteiger charge is -2.05. The standard InChI is InChI=1S/C14H15NO3S/c1-10-14(6-7-18-10)19(17)9-12-4-3-5-13(8-12)15-11(2)16/h3-8H,9H2,1-2H3,(H,15,16)/t19-/m0/s1. The van der Waals surface area contributed by atoms with Crippen LogP contribution in [-0.4, -0.2) is 10.1 Å². The smallest absolute Gasteiger partial charge is 0.221 e. The first kappa shape index (κ1) is 13.5. The van der Waals surface area contributed by atoms with Crippen LogP contribution < -0.4 is 5.32 Å². The highest BCUT2D eigenvalue weighted by atomic mass is 32.2. The van der Waals surface area contributed by atoms with Crippen LogP contribution in [0.4, 0.5) is 5.69 Å². The van der Waals surface area contributed by atoms with Gasteiger partial charge in [0.05, 0.1) is 27.7 Å². The number of hydrogen-bond acceptors (Lipinski definition) is 3. The third-order valence-electron chi connectivity index (χ3n) is 2.60. The number of anilines is 1. The zero-order chi connectivity index (χ0) is 13.8. The van der Waals surface area contributed by atoms with E-state index >= 15 is 0 Å². The van der Waals surface area contributed by atoms with Crippen molar-refractivity contribution in [2.75, 3.05) is 5.32 Å². The van der Waals surface area contributed by atoms with Crippen LogP contribution in [0.15, 0.2) is 45.9 Å². The van der Waals surface area contributed by atoms with Crippen LogP contribution in [0.5, 0.6) is 0 Å². The molecule has 2 aromatic rings. The highest BCUT2D eigenvalue weighted by Gasteiger charge is 2.10. The predicted molar refractivity (Wildman–Crippen MR) is 74.3 cm³/mol. The number of rotatable bonds is 4. The molecule has 0 aliphatic rings. The molecule has 1 atom stereocenters. The lowest BCUT2D eigenvalue weighted by molar-refractivity contribution is -0.114. The summed E-state index contributed by atoms with van der Waals surface area (Å²) in [5.74, 6) is 0.952. The maximum absolute atomic E-state index is 12.2. The molecule has 5 heteroatoms. The average molecular weight is 277 g/mol. The van der Waals surface area contributed by atoms with E-state index in [4.69, 9.17) is 4.42 Å². The van der Waals surface area contributed by atoms with Gasteiger partial charge in [-0.15, -0.1) is 0 Å². The molecule has 0 spiro atoms. The summed E-state index contributed by atoms with van der Waals surface area (Å²) in [7, 11) is -1.14. The van der Waals surface area contributed by atoms with Crippen LogP contribution in [0.2, 0.25) is 0 Å². The van der Waals surface area contributed by atoms with Gasteiger partial charge in [0, 0.05) is 12.6 Å². The van der Waals surface area contributed by atoms with Gasteiger partial charge in [0.15, 0.2) is 0 Å². The van der Waals surface area contributed by atoms with E-state index in [2.05, 4.69) is 5.32 Å². The van der Waals surface area contributed by atoms with Crippen molar-refractivity contribution in [1.82, 2.24) is 0 Å². The van der Waals surface area contributed by atoms with Gasteiger partial charge in [-0.3, -0.25) is 9.00 Å². The molecule has 1 heterocycles. The molecule has 100 valence electrons. The monoisotopic (exact) mass is 277 g/mol. The van der Waals surface area contributed by atoms with E-state index in [9.17, 15) is 9.00 Å². The zero-order valence-electron chi connectivity index (χ0n) is 10.8. The summed E-state index contributed by atoms with van der Waals surface area (Å²) < 4.78 is 17.3. The number of amides is 1. The first-order valence-corrected chi connectivity index (χ1v) is 7.17. The van der Waals surface area contributed by atoms with Crippen molar-refractivity contribution in [1.29, 1.82) is 0 Å². The van der Waals surface area contributed by atoms with Crippen molar-refractivity contribution in [3.8, 4) is 0 Å². The molecule has 1 amide bonds. The number of aryl methyl sites for hydroxylation is 1. The van der Waals surface area contributed by atoms with Crippen molar-refractivity contribution in [2.24, 2.45) is 0 Å². The first-order chi connectivity index (χ1) is 9.06. The largest absolute Gasteiger partial charge is 0.468 e. The van der Waals surface area contributed by atoms with Gasteiger partial charge in [0.1, 0.15) is 5.76 Å². The molecule has 4 nitrogen and oxygen atoms in total. The van der Waals surface area contributed by atoms with Gasteiger partial charge in [-0.05, 0) is 30.7 Å². The van der Waals surface area contributed by atoms with Crippen LogP contribution in [-0.2, 0) is 21.3 Å². The molecule has 19 heavy (non-hydrogen) atoms. The van der Waals surface area contributed by atoms with Crippen LogP contribution in [0.1, 0.15) is 18.2 Å². The molecule has 0 saturated heterocycles. The molecule has 1 aromatic heterocycles. The lowest BCUT2D eigenvalue weighted by atomic mass is 10.2. The Balaban J connectivity index is 2.13. The van der Waals surface area contributed by atoms with E-state index in [-0.39, 0.29) is 5.91 Å². The SMILES string of the molecule is CC(=O)Nc1cccc(C[S@](=O)c2ccoc2C)c1. The first-order valence-electron chi connectivity index (χ1n) is 5.85. The third-order valence-corrected chi connectivity index (χ3v) is 4.11. The van der Waals surface area contributed by atoms with Crippen molar-refractivity contribution in [3.63, 3.8) is 0 Å². The van der Waals surface area contributed by atoms with Gasteiger partial charge >= 0.3 is 0 Å². The number of nitrogens with one attached hydrogen (secondary N) is 1. The maximum Gasteiger partial charge on any atom is 0.221 e. The number of furan rings is 1.